The van der Waals surface area contributed by atoms with Crippen molar-refractivity contribution in [2.45, 2.75) is 26.8 Å². The topological polar surface area (TPSA) is 109 Å². The number of carbonyl (C=O) groups is 1. The number of benzene rings is 2. The van der Waals surface area contributed by atoms with E-state index >= 15 is 0 Å². The van der Waals surface area contributed by atoms with E-state index in [9.17, 15) is 14.7 Å². The van der Waals surface area contributed by atoms with E-state index in [1.165, 1.54) is 23.0 Å². The molecule has 9 nitrogen and oxygen atoms in total. The van der Waals surface area contributed by atoms with Crippen molar-refractivity contribution in [2.75, 3.05) is 26.9 Å². The first-order valence-corrected chi connectivity index (χ1v) is 14.1. The summed E-state index contributed by atoms with van der Waals surface area (Å²) >= 11 is 4.51. The Labute approximate surface area is 243 Å². The number of phenols is 1. The molecule has 0 bridgehead atoms. The zero-order chi connectivity index (χ0) is 29.0. The molecule has 11 heteroatoms. The fourth-order valence-electron chi connectivity index (χ4n) is 4.32. The molecule has 2 heterocycles. The van der Waals surface area contributed by atoms with E-state index in [0.717, 1.165) is 0 Å². The van der Waals surface area contributed by atoms with Gasteiger partial charge >= 0.3 is 5.97 Å². The smallest absolute Gasteiger partial charge is 0.338 e. The summed E-state index contributed by atoms with van der Waals surface area (Å²) in [6, 6.07) is 7.80. The Hall–Kier alpha value is -3.83. The maximum Gasteiger partial charge on any atom is 0.338 e. The predicted molar refractivity (Wildman–Crippen MR) is 156 cm³/mol. The molecule has 1 atom stereocenters. The lowest BCUT2D eigenvalue weighted by molar-refractivity contribution is -0.139. The number of esters is 1. The highest BCUT2D eigenvalue weighted by atomic mass is 79.9. The van der Waals surface area contributed by atoms with Crippen molar-refractivity contribution in [3.8, 4) is 23.0 Å². The predicted octanol–water partition coefficient (Wildman–Crippen LogP) is 4.24. The molecule has 0 spiro atoms. The molecule has 0 radical (unpaired) electrons. The number of aromatic hydroxyl groups is 1. The second-order valence-electron chi connectivity index (χ2n) is 8.59. The lowest BCUT2D eigenvalue weighted by Gasteiger charge is -2.25. The van der Waals surface area contributed by atoms with Crippen LogP contribution in [-0.4, -0.2) is 42.6 Å². The summed E-state index contributed by atoms with van der Waals surface area (Å²) in [6.45, 7) is 9.85. The molecule has 0 unspecified atom stereocenters. The van der Waals surface area contributed by atoms with E-state index in [1.807, 2.05) is 6.92 Å². The van der Waals surface area contributed by atoms with Gasteiger partial charge in [-0.1, -0.05) is 30.1 Å². The summed E-state index contributed by atoms with van der Waals surface area (Å²) in [6.07, 6.45) is 3.32. The van der Waals surface area contributed by atoms with Crippen LogP contribution in [0.1, 0.15) is 37.9 Å². The first-order chi connectivity index (χ1) is 19.2. The minimum absolute atomic E-state index is 0.0403. The lowest BCUT2D eigenvalue weighted by Crippen LogP contribution is -2.40. The SMILES string of the molecule is C=CCOc1ccc([C@H]2C(C(=O)OCC)=C(C)N=c3s/c(=C/c4cc(Br)c(O)c(OC)c4)c(=O)n32)cc1OCC. The summed E-state index contributed by atoms with van der Waals surface area (Å²) in [7, 11) is 1.45. The van der Waals surface area contributed by atoms with E-state index in [4.69, 9.17) is 18.9 Å². The Morgan fingerprint density at radius 3 is 2.62 bits per heavy atom. The molecule has 1 aromatic heterocycles. The lowest BCUT2D eigenvalue weighted by atomic mass is 9.95. The fraction of sp³-hybridized carbons (Fsp3) is 0.276. The molecule has 1 aliphatic heterocycles. The zero-order valence-electron chi connectivity index (χ0n) is 22.5. The largest absolute Gasteiger partial charge is 0.503 e. The zero-order valence-corrected chi connectivity index (χ0v) is 24.9. The van der Waals surface area contributed by atoms with Gasteiger partial charge in [-0.25, -0.2) is 9.79 Å². The minimum Gasteiger partial charge on any atom is -0.503 e. The molecule has 0 amide bonds. The van der Waals surface area contributed by atoms with Gasteiger partial charge in [0.2, 0.25) is 0 Å². The Morgan fingerprint density at radius 1 is 1.18 bits per heavy atom. The molecule has 2 aromatic carbocycles. The third-order valence-electron chi connectivity index (χ3n) is 6.03. The Bertz CT molecular complexity index is 1670. The molecule has 1 aliphatic rings. The van der Waals surface area contributed by atoms with Crippen LogP contribution < -0.4 is 29.1 Å². The summed E-state index contributed by atoms with van der Waals surface area (Å²) in [5, 5.41) is 10.2. The van der Waals surface area contributed by atoms with Gasteiger partial charge in [0.05, 0.1) is 46.6 Å². The van der Waals surface area contributed by atoms with Crippen LogP contribution >= 0.6 is 27.3 Å². The van der Waals surface area contributed by atoms with Crippen molar-refractivity contribution in [3.05, 3.63) is 89.5 Å². The molecular formula is C29H29BrN2O7S. The molecule has 40 heavy (non-hydrogen) atoms. The molecular weight excluding hydrogens is 600 g/mol. The Morgan fingerprint density at radius 2 is 1.95 bits per heavy atom. The van der Waals surface area contributed by atoms with Crippen LogP contribution in [0.2, 0.25) is 0 Å². The molecule has 0 fully saturated rings. The number of fused-ring (bicyclic) bond motifs is 1. The number of ether oxygens (including phenoxy) is 4. The highest BCUT2D eigenvalue weighted by Crippen LogP contribution is 2.37. The summed E-state index contributed by atoms with van der Waals surface area (Å²) in [5.74, 6) is 0.654. The molecule has 0 aliphatic carbocycles. The van der Waals surface area contributed by atoms with Gasteiger partial charge in [0.1, 0.15) is 6.61 Å². The second kappa shape index (κ2) is 12.6. The van der Waals surface area contributed by atoms with Crippen LogP contribution in [0, 0.1) is 0 Å². The highest BCUT2D eigenvalue weighted by Gasteiger charge is 2.34. The number of thiazole rings is 1. The van der Waals surface area contributed by atoms with Crippen LogP contribution in [0.25, 0.3) is 6.08 Å². The van der Waals surface area contributed by atoms with Gasteiger partial charge in [-0.3, -0.25) is 9.36 Å². The summed E-state index contributed by atoms with van der Waals surface area (Å²) in [4.78, 5) is 32.2. The van der Waals surface area contributed by atoms with E-state index in [-0.39, 0.29) is 29.2 Å². The Balaban J connectivity index is 1.95. The first kappa shape index (κ1) is 29.2. The van der Waals surface area contributed by atoms with E-state index in [0.29, 0.717) is 55.3 Å². The fourth-order valence-corrected chi connectivity index (χ4v) is 5.83. The Kier molecular flexibility index (Phi) is 9.16. The molecule has 1 N–H and O–H groups in total. The van der Waals surface area contributed by atoms with Crippen molar-refractivity contribution < 1.29 is 28.8 Å². The quantitative estimate of drug-likeness (QED) is 0.264. The van der Waals surface area contributed by atoms with Crippen molar-refractivity contribution in [1.82, 2.24) is 4.57 Å². The van der Waals surface area contributed by atoms with Crippen LogP contribution in [-0.2, 0) is 9.53 Å². The summed E-state index contributed by atoms with van der Waals surface area (Å²) in [5.41, 5.74) is 1.64. The van der Waals surface area contributed by atoms with Gasteiger partial charge in [0.25, 0.3) is 5.56 Å². The number of allylic oxidation sites excluding steroid dienone is 1. The maximum atomic E-state index is 13.9. The first-order valence-electron chi connectivity index (χ1n) is 12.5. The number of aromatic nitrogens is 1. The second-order valence-corrected chi connectivity index (χ2v) is 10.5. The number of hydrogen-bond acceptors (Lipinski definition) is 9. The molecule has 0 saturated carbocycles. The van der Waals surface area contributed by atoms with Crippen LogP contribution in [0.4, 0.5) is 0 Å². The van der Waals surface area contributed by atoms with Crippen molar-refractivity contribution >= 4 is 39.3 Å². The summed E-state index contributed by atoms with van der Waals surface area (Å²) < 4.78 is 24.5. The van der Waals surface area contributed by atoms with Gasteiger partial charge in [-0.15, -0.1) is 0 Å². The van der Waals surface area contributed by atoms with E-state index in [2.05, 4.69) is 27.5 Å². The third kappa shape index (κ3) is 5.71. The molecule has 3 aromatic rings. The van der Waals surface area contributed by atoms with Crippen molar-refractivity contribution in [3.63, 3.8) is 0 Å². The van der Waals surface area contributed by atoms with E-state index in [1.54, 1.807) is 56.3 Å². The highest BCUT2D eigenvalue weighted by molar-refractivity contribution is 9.10. The standard InChI is InChI=1S/C29H29BrN2O7S/c1-6-11-39-20-10-9-18(15-21(20)37-7-2)25-24(28(35)38-8-3)16(4)31-29-32(25)27(34)23(40-29)14-17-12-19(30)26(33)22(13-17)36-5/h6,9-10,12-15,25,33H,1,7-8,11H2,2-5H3/b23-14+/t25-/m0/s1. The average Bonchev–Trinajstić information content (AvgIpc) is 3.23. The minimum atomic E-state index is -0.814. The number of hydrogen-bond donors (Lipinski definition) is 1. The van der Waals surface area contributed by atoms with Crippen LogP contribution in [0.3, 0.4) is 0 Å². The van der Waals surface area contributed by atoms with E-state index < -0.39 is 12.0 Å². The van der Waals surface area contributed by atoms with Gasteiger partial charge in [-0.2, -0.15) is 0 Å². The van der Waals surface area contributed by atoms with Crippen LogP contribution in [0.5, 0.6) is 23.0 Å². The molecule has 0 saturated heterocycles. The number of rotatable bonds is 10. The number of methoxy groups -OCH3 is 1. The maximum absolute atomic E-state index is 13.9. The normalized spacial score (nSPS) is 14.8. The average molecular weight is 630 g/mol. The van der Waals surface area contributed by atoms with Crippen molar-refractivity contribution in [1.29, 1.82) is 0 Å². The number of carbonyl (C=O) groups excluding carboxylic acids is 1. The van der Waals surface area contributed by atoms with Crippen molar-refractivity contribution in [2.24, 2.45) is 4.99 Å². The monoisotopic (exact) mass is 628 g/mol. The van der Waals surface area contributed by atoms with Crippen LogP contribution in [0.15, 0.2) is 68.5 Å². The molecule has 4 rings (SSSR count). The number of halogens is 1. The van der Waals surface area contributed by atoms with Gasteiger partial charge < -0.3 is 24.1 Å². The van der Waals surface area contributed by atoms with Gasteiger partial charge in [-0.05, 0) is 78.2 Å². The van der Waals surface area contributed by atoms with Gasteiger partial charge in [0.15, 0.2) is 27.8 Å². The number of nitrogens with zero attached hydrogens (tertiary/aromatic N) is 2. The molecule has 210 valence electrons. The third-order valence-corrected chi connectivity index (χ3v) is 7.61. The number of phenolic OH excluding ortho intramolecular Hbond substituents is 1. The van der Waals surface area contributed by atoms with Gasteiger partial charge in [0, 0.05) is 0 Å².